The minimum Gasteiger partial charge on any atom is -0.497 e. The first-order chi connectivity index (χ1) is 14.1. The van der Waals surface area contributed by atoms with E-state index in [-0.39, 0.29) is 24.2 Å². The molecule has 29 heavy (non-hydrogen) atoms. The molecule has 1 atom stereocenters. The molecule has 5 rings (SSSR count). The van der Waals surface area contributed by atoms with E-state index in [0.29, 0.717) is 19.6 Å². The third kappa shape index (κ3) is 3.05. The van der Waals surface area contributed by atoms with Crippen LogP contribution >= 0.6 is 0 Å². The number of fused-ring (bicyclic) bond motifs is 3. The van der Waals surface area contributed by atoms with E-state index in [2.05, 4.69) is 17.1 Å². The molecule has 0 unspecified atom stereocenters. The van der Waals surface area contributed by atoms with Gasteiger partial charge in [0.1, 0.15) is 5.75 Å². The first-order valence-electron chi connectivity index (χ1n) is 9.95. The van der Waals surface area contributed by atoms with Crippen LogP contribution in [0.15, 0.2) is 48.5 Å². The molecule has 0 spiro atoms. The van der Waals surface area contributed by atoms with E-state index in [1.54, 1.807) is 12.0 Å². The smallest absolute Gasteiger partial charge is 0.228 e. The molecule has 3 heterocycles. The fraction of sp³-hybridized carbons (Fsp3) is 0.304. The van der Waals surface area contributed by atoms with E-state index < -0.39 is 0 Å². The number of aromatic nitrogens is 1. The maximum atomic E-state index is 13.2. The average Bonchev–Trinajstić information content (AvgIpc) is 3.33. The number of nitrogens with zero attached hydrogens (tertiary/aromatic N) is 2. The Morgan fingerprint density at radius 2 is 1.93 bits per heavy atom. The standard InChI is InChI=1S/C23H23N3O3/c1-29-17-8-6-16(7-9-17)26-13-15(12-22(26)27)23(28)25-11-10-21-19(14-25)18-4-2-3-5-20(18)24-21/h2-9,15,24H,10-14H2,1H3/t15-/m0/s1. The number of hydrogen-bond donors (Lipinski definition) is 1. The highest BCUT2D eigenvalue weighted by Crippen LogP contribution is 2.31. The van der Waals surface area contributed by atoms with Crippen LogP contribution in [0.2, 0.25) is 0 Å². The topological polar surface area (TPSA) is 65.6 Å². The Morgan fingerprint density at radius 3 is 2.72 bits per heavy atom. The van der Waals surface area contributed by atoms with Gasteiger partial charge in [-0.2, -0.15) is 0 Å². The lowest BCUT2D eigenvalue weighted by Crippen LogP contribution is -2.40. The van der Waals surface area contributed by atoms with Crippen molar-refractivity contribution in [2.75, 3.05) is 25.1 Å². The van der Waals surface area contributed by atoms with E-state index in [1.165, 1.54) is 16.6 Å². The SMILES string of the molecule is COc1ccc(N2C[C@@H](C(=O)N3CCc4[nH]c5ccccc5c4C3)CC2=O)cc1. The molecule has 0 saturated carbocycles. The predicted octanol–water partition coefficient (Wildman–Crippen LogP) is 3.11. The van der Waals surface area contributed by atoms with Crippen LogP contribution in [0.4, 0.5) is 5.69 Å². The number of anilines is 1. The number of methoxy groups -OCH3 is 1. The van der Waals surface area contributed by atoms with Gasteiger partial charge in [0.2, 0.25) is 11.8 Å². The molecule has 2 amide bonds. The molecule has 6 heteroatoms. The minimum absolute atomic E-state index is 0.00157. The lowest BCUT2D eigenvalue weighted by Gasteiger charge is -2.29. The van der Waals surface area contributed by atoms with Gasteiger partial charge in [-0.1, -0.05) is 18.2 Å². The van der Waals surface area contributed by atoms with E-state index in [9.17, 15) is 9.59 Å². The van der Waals surface area contributed by atoms with Crippen molar-refractivity contribution in [3.8, 4) is 5.75 Å². The van der Waals surface area contributed by atoms with E-state index in [0.717, 1.165) is 23.4 Å². The summed E-state index contributed by atoms with van der Waals surface area (Å²) >= 11 is 0. The third-order valence-corrected chi connectivity index (χ3v) is 6.05. The van der Waals surface area contributed by atoms with Crippen molar-refractivity contribution in [3.05, 3.63) is 59.8 Å². The van der Waals surface area contributed by atoms with Crippen LogP contribution in [0.5, 0.6) is 5.75 Å². The molecule has 1 saturated heterocycles. The lowest BCUT2D eigenvalue weighted by molar-refractivity contribution is -0.136. The van der Waals surface area contributed by atoms with Gasteiger partial charge in [-0.3, -0.25) is 9.59 Å². The van der Waals surface area contributed by atoms with Gasteiger partial charge < -0.3 is 19.5 Å². The second kappa shape index (κ2) is 6.95. The summed E-state index contributed by atoms with van der Waals surface area (Å²) in [5, 5.41) is 1.18. The average molecular weight is 389 g/mol. The Hall–Kier alpha value is -3.28. The van der Waals surface area contributed by atoms with Gasteiger partial charge in [0, 0.05) is 60.3 Å². The highest BCUT2D eigenvalue weighted by molar-refractivity contribution is 6.00. The van der Waals surface area contributed by atoms with Crippen LogP contribution in [-0.2, 0) is 22.6 Å². The molecule has 2 aliphatic rings. The van der Waals surface area contributed by atoms with E-state index >= 15 is 0 Å². The summed E-state index contributed by atoms with van der Waals surface area (Å²) in [5.41, 5.74) is 4.35. The Labute approximate surface area is 169 Å². The lowest BCUT2D eigenvalue weighted by atomic mass is 10.0. The molecule has 1 N–H and O–H groups in total. The highest BCUT2D eigenvalue weighted by atomic mass is 16.5. The summed E-state index contributed by atoms with van der Waals surface area (Å²) in [6.45, 7) is 1.72. The van der Waals surface area contributed by atoms with E-state index in [1.807, 2.05) is 41.3 Å². The van der Waals surface area contributed by atoms with Gasteiger partial charge in [-0.05, 0) is 30.3 Å². The predicted molar refractivity (Wildman–Crippen MR) is 111 cm³/mol. The molecule has 0 radical (unpaired) electrons. The molecule has 1 aromatic heterocycles. The number of aromatic amines is 1. The summed E-state index contributed by atoms with van der Waals surface area (Å²) in [6, 6.07) is 15.6. The summed E-state index contributed by atoms with van der Waals surface area (Å²) < 4.78 is 5.18. The van der Waals surface area contributed by atoms with E-state index in [4.69, 9.17) is 4.74 Å². The first-order valence-corrected chi connectivity index (χ1v) is 9.95. The Balaban J connectivity index is 1.33. The molecular weight excluding hydrogens is 366 g/mol. The van der Waals surface area contributed by atoms with Crippen LogP contribution in [0.3, 0.4) is 0 Å². The number of benzene rings is 2. The largest absolute Gasteiger partial charge is 0.497 e. The molecular formula is C23H23N3O3. The second-order valence-corrected chi connectivity index (χ2v) is 7.74. The molecule has 0 bridgehead atoms. The van der Waals surface area contributed by atoms with Crippen LogP contribution in [-0.4, -0.2) is 41.9 Å². The number of nitrogens with one attached hydrogen (secondary N) is 1. The first kappa shape index (κ1) is 17.8. The van der Waals surface area contributed by atoms with Crippen LogP contribution in [0.1, 0.15) is 17.7 Å². The fourth-order valence-electron chi connectivity index (χ4n) is 4.50. The number of para-hydroxylation sites is 1. The van der Waals surface area contributed by atoms with Gasteiger partial charge in [0.05, 0.1) is 13.0 Å². The maximum Gasteiger partial charge on any atom is 0.228 e. The third-order valence-electron chi connectivity index (χ3n) is 6.05. The van der Waals surface area contributed by atoms with Crippen LogP contribution in [0.25, 0.3) is 10.9 Å². The number of carbonyl (C=O) groups excluding carboxylic acids is 2. The van der Waals surface area contributed by atoms with Crippen molar-refractivity contribution in [1.29, 1.82) is 0 Å². The molecule has 2 aromatic carbocycles. The molecule has 6 nitrogen and oxygen atoms in total. The van der Waals surface area contributed by atoms with Crippen molar-refractivity contribution < 1.29 is 14.3 Å². The van der Waals surface area contributed by atoms with Gasteiger partial charge in [0.25, 0.3) is 0 Å². The van der Waals surface area contributed by atoms with Crippen molar-refractivity contribution in [3.63, 3.8) is 0 Å². The number of hydrogen-bond acceptors (Lipinski definition) is 3. The Bertz CT molecular complexity index is 1090. The Kier molecular flexibility index (Phi) is 4.27. The number of amides is 2. The molecule has 148 valence electrons. The monoisotopic (exact) mass is 389 g/mol. The molecule has 1 fully saturated rings. The normalized spacial score (nSPS) is 18.9. The van der Waals surface area contributed by atoms with Crippen molar-refractivity contribution in [1.82, 2.24) is 9.88 Å². The summed E-state index contributed by atoms with van der Waals surface area (Å²) in [5.74, 6) is 0.524. The minimum atomic E-state index is -0.295. The zero-order valence-corrected chi connectivity index (χ0v) is 16.4. The zero-order valence-electron chi connectivity index (χ0n) is 16.4. The molecule has 0 aliphatic carbocycles. The van der Waals surface area contributed by atoms with Crippen molar-refractivity contribution >= 4 is 28.4 Å². The number of H-pyrrole nitrogens is 1. The van der Waals surface area contributed by atoms with Gasteiger partial charge in [-0.15, -0.1) is 0 Å². The summed E-state index contributed by atoms with van der Waals surface area (Å²) in [4.78, 5) is 32.9. The summed E-state index contributed by atoms with van der Waals surface area (Å²) in [6.07, 6.45) is 1.08. The van der Waals surface area contributed by atoms with Crippen LogP contribution in [0, 0.1) is 5.92 Å². The number of rotatable bonds is 3. The zero-order chi connectivity index (χ0) is 20.0. The molecule has 2 aliphatic heterocycles. The van der Waals surface area contributed by atoms with Crippen molar-refractivity contribution in [2.45, 2.75) is 19.4 Å². The second-order valence-electron chi connectivity index (χ2n) is 7.74. The maximum absolute atomic E-state index is 13.2. The van der Waals surface area contributed by atoms with Crippen LogP contribution < -0.4 is 9.64 Å². The summed E-state index contributed by atoms with van der Waals surface area (Å²) in [7, 11) is 1.61. The highest BCUT2D eigenvalue weighted by Gasteiger charge is 2.38. The van der Waals surface area contributed by atoms with Gasteiger partial charge in [0.15, 0.2) is 0 Å². The number of carbonyl (C=O) groups is 2. The van der Waals surface area contributed by atoms with Gasteiger partial charge >= 0.3 is 0 Å². The Morgan fingerprint density at radius 1 is 1.14 bits per heavy atom. The quantitative estimate of drug-likeness (QED) is 0.749. The number of ether oxygens (including phenoxy) is 1. The fourth-order valence-corrected chi connectivity index (χ4v) is 4.50. The molecule has 3 aromatic rings. The van der Waals surface area contributed by atoms with Crippen molar-refractivity contribution in [2.24, 2.45) is 5.92 Å². The van der Waals surface area contributed by atoms with Gasteiger partial charge in [-0.25, -0.2) is 0 Å².